The summed E-state index contributed by atoms with van der Waals surface area (Å²) in [5.74, 6) is -0.825. The molecule has 1 aromatic carbocycles. The van der Waals surface area contributed by atoms with Crippen molar-refractivity contribution in [3.05, 3.63) is 35.9 Å². The molecule has 0 spiro atoms. The molecule has 0 aliphatic heterocycles. The average molecular weight is 337 g/mol. The molecule has 1 unspecified atom stereocenters. The van der Waals surface area contributed by atoms with Gasteiger partial charge in [-0.2, -0.15) is 0 Å². The van der Waals surface area contributed by atoms with E-state index in [1.54, 1.807) is 13.8 Å². The molecule has 0 amide bonds. The molecule has 0 aliphatic carbocycles. The lowest BCUT2D eigenvalue weighted by molar-refractivity contribution is -0.147. The Morgan fingerprint density at radius 3 is 2.22 bits per heavy atom. The summed E-state index contributed by atoms with van der Waals surface area (Å²) in [6, 6.07) is 9.85. The third-order valence-corrected chi connectivity index (χ3v) is 5.08. The highest BCUT2D eigenvalue weighted by atomic mass is 32.2. The minimum atomic E-state index is -1.34. The third kappa shape index (κ3) is 6.75. The van der Waals surface area contributed by atoms with Gasteiger partial charge >= 0.3 is 5.97 Å². The van der Waals surface area contributed by atoms with Crippen LogP contribution in [0.25, 0.3) is 0 Å². The van der Waals surface area contributed by atoms with Gasteiger partial charge < -0.3 is 9.66 Å². The van der Waals surface area contributed by atoms with E-state index < -0.39 is 27.5 Å². The minimum absolute atomic E-state index is 0.426. The summed E-state index contributed by atoms with van der Waals surface area (Å²) in [4.78, 5) is 11.3. The highest BCUT2D eigenvalue weighted by Gasteiger charge is 2.30. The van der Waals surface area contributed by atoms with E-state index in [0.29, 0.717) is 19.3 Å². The van der Waals surface area contributed by atoms with Gasteiger partial charge in [0.25, 0.3) is 0 Å². The number of carbonyl (C=O) groups is 1. The van der Waals surface area contributed by atoms with E-state index in [4.69, 9.17) is 0 Å². The molecule has 1 atom stereocenters. The summed E-state index contributed by atoms with van der Waals surface area (Å²) in [7, 11) is 0. The van der Waals surface area contributed by atoms with E-state index >= 15 is 0 Å². The lowest BCUT2D eigenvalue weighted by Gasteiger charge is -2.21. The van der Waals surface area contributed by atoms with Gasteiger partial charge in [0, 0.05) is 6.42 Å². The Hall–Kier alpha value is -1.33. The summed E-state index contributed by atoms with van der Waals surface area (Å²) in [6.45, 7) is 9.06. The minimum Gasteiger partial charge on any atom is -0.591 e. The normalized spacial score (nSPS) is 14.6. The number of hydrogen-bond donors (Lipinski definition) is 1. The van der Waals surface area contributed by atoms with Gasteiger partial charge in [-0.15, -0.1) is 0 Å². The predicted molar refractivity (Wildman–Crippen MR) is 96.1 cm³/mol. The Labute approximate surface area is 142 Å². The molecule has 0 radical (unpaired) electrons. The zero-order chi connectivity index (χ0) is 17.7. The third-order valence-electron chi connectivity index (χ3n) is 3.60. The van der Waals surface area contributed by atoms with Crippen LogP contribution in [0.4, 0.5) is 0 Å². The summed E-state index contributed by atoms with van der Waals surface area (Å²) in [5, 5.41) is 9.26. The van der Waals surface area contributed by atoms with E-state index in [-0.39, 0.29) is 0 Å². The maximum atomic E-state index is 12.3. The van der Waals surface area contributed by atoms with Crippen molar-refractivity contribution in [1.82, 2.24) is 0 Å². The van der Waals surface area contributed by atoms with Gasteiger partial charge in [-0.1, -0.05) is 34.7 Å². The molecule has 5 heteroatoms. The molecular formula is C18H27NO3S. The van der Waals surface area contributed by atoms with Crippen LogP contribution in [0.1, 0.15) is 53.0 Å². The summed E-state index contributed by atoms with van der Waals surface area (Å²) >= 11 is -1.34. The number of rotatable bonds is 7. The van der Waals surface area contributed by atoms with Gasteiger partial charge in [-0.25, -0.2) is 0 Å². The molecule has 4 nitrogen and oxygen atoms in total. The fourth-order valence-corrected chi connectivity index (χ4v) is 2.48. The zero-order valence-corrected chi connectivity index (χ0v) is 15.4. The van der Waals surface area contributed by atoms with Gasteiger partial charge in [0.2, 0.25) is 0 Å². The maximum absolute atomic E-state index is 12.3. The highest BCUT2D eigenvalue weighted by molar-refractivity contribution is 7.91. The molecule has 0 fully saturated rings. The van der Waals surface area contributed by atoms with Crippen LogP contribution in [0.5, 0.6) is 0 Å². The number of nitrogens with zero attached hydrogens (tertiary/aromatic N) is 1. The predicted octanol–water partition coefficient (Wildman–Crippen LogP) is 4.02. The monoisotopic (exact) mass is 337 g/mol. The average Bonchev–Trinajstić information content (AvgIpc) is 2.44. The van der Waals surface area contributed by atoms with Crippen LogP contribution < -0.4 is 0 Å². The lowest BCUT2D eigenvalue weighted by atomic mass is 9.86. The van der Waals surface area contributed by atoms with Crippen LogP contribution in [0.15, 0.2) is 34.7 Å². The molecule has 0 saturated carbocycles. The molecule has 0 bridgehead atoms. The van der Waals surface area contributed by atoms with Crippen molar-refractivity contribution < 1.29 is 14.5 Å². The van der Waals surface area contributed by atoms with Crippen LogP contribution in [0.3, 0.4) is 0 Å². The molecule has 0 heterocycles. The van der Waals surface area contributed by atoms with Crippen LogP contribution in [0, 0.1) is 5.41 Å². The van der Waals surface area contributed by atoms with Crippen molar-refractivity contribution in [2.45, 2.75) is 58.6 Å². The fourth-order valence-electron chi connectivity index (χ4n) is 1.82. The first kappa shape index (κ1) is 19.7. The summed E-state index contributed by atoms with van der Waals surface area (Å²) in [6.07, 6.45) is 1.59. The first-order chi connectivity index (χ1) is 10.5. The molecular weight excluding hydrogens is 310 g/mol. The zero-order valence-electron chi connectivity index (χ0n) is 14.6. The van der Waals surface area contributed by atoms with Crippen LogP contribution in [-0.2, 0) is 22.6 Å². The van der Waals surface area contributed by atoms with Crippen molar-refractivity contribution in [1.29, 1.82) is 0 Å². The van der Waals surface area contributed by atoms with Gasteiger partial charge in [0.1, 0.15) is 16.1 Å². The van der Waals surface area contributed by atoms with Crippen molar-refractivity contribution in [3.63, 3.8) is 0 Å². The topological polar surface area (TPSA) is 72.7 Å². The van der Waals surface area contributed by atoms with Crippen molar-refractivity contribution in [2.75, 3.05) is 0 Å². The Bertz CT molecular complexity index is 547. The first-order valence-corrected chi connectivity index (χ1v) is 8.89. The van der Waals surface area contributed by atoms with Crippen LogP contribution >= 0.6 is 0 Å². The smallest absolute Gasteiger partial charge is 0.309 e. The van der Waals surface area contributed by atoms with Crippen LogP contribution in [-0.4, -0.2) is 26.1 Å². The van der Waals surface area contributed by atoms with E-state index in [0.717, 1.165) is 11.3 Å². The molecule has 1 rings (SSSR count). The number of aliphatic carboxylic acids is 1. The van der Waals surface area contributed by atoms with Gasteiger partial charge in [0.05, 0.1) is 11.1 Å². The van der Waals surface area contributed by atoms with Crippen molar-refractivity contribution >= 4 is 23.0 Å². The van der Waals surface area contributed by atoms with E-state index in [9.17, 15) is 14.5 Å². The molecule has 0 aromatic heterocycles. The second-order valence-electron chi connectivity index (χ2n) is 7.37. The molecule has 1 N–H and O–H groups in total. The summed E-state index contributed by atoms with van der Waals surface area (Å²) in [5.41, 5.74) is 1.06. The molecule has 1 aromatic rings. The number of carboxylic acids is 1. The quantitative estimate of drug-likeness (QED) is 0.603. The van der Waals surface area contributed by atoms with E-state index in [1.807, 2.05) is 51.1 Å². The molecule has 0 saturated heterocycles. The highest BCUT2D eigenvalue weighted by Crippen LogP contribution is 2.25. The number of hydrogen-bond acceptors (Lipinski definition) is 3. The SMILES string of the molecule is CC(C)(CCC(Cc1ccccc1)=N[S+]([O-])C(C)(C)C)C(=O)O. The Kier molecular flexibility index (Phi) is 6.84. The first-order valence-electron chi connectivity index (χ1n) is 7.78. The Morgan fingerprint density at radius 1 is 1.17 bits per heavy atom. The Balaban J connectivity index is 2.93. The largest absolute Gasteiger partial charge is 0.591 e. The molecule has 23 heavy (non-hydrogen) atoms. The lowest BCUT2D eigenvalue weighted by Crippen LogP contribution is -2.28. The molecule has 0 aliphatic rings. The molecule has 128 valence electrons. The standard InChI is InChI=1S/C18H27NO3S/c1-17(2,3)23(22)19-15(11-12-18(4,5)16(20)21)13-14-9-7-6-8-10-14/h6-10H,11-13H2,1-5H3,(H,20,21). The number of benzene rings is 1. The summed E-state index contributed by atoms with van der Waals surface area (Å²) < 4.78 is 16.3. The van der Waals surface area contributed by atoms with Gasteiger partial charge in [-0.3, -0.25) is 4.79 Å². The van der Waals surface area contributed by atoms with Gasteiger partial charge in [0.15, 0.2) is 0 Å². The number of carboxylic acid groups (broad SMARTS) is 1. The van der Waals surface area contributed by atoms with E-state index in [2.05, 4.69) is 4.40 Å². The maximum Gasteiger partial charge on any atom is 0.309 e. The van der Waals surface area contributed by atoms with E-state index in [1.165, 1.54) is 0 Å². The van der Waals surface area contributed by atoms with Crippen LogP contribution in [0.2, 0.25) is 0 Å². The second kappa shape index (κ2) is 7.97. The Morgan fingerprint density at radius 2 is 1.74 bits per heavy atom. The van der Waals surface area contributed by atoms with Crippen molar-refractivity contribution in [3.8, 4) is 0 Å². The van der Waals surface area contributed by atoms with Crippen molar-refractivity contribution in [2.24, 2.45) is 9.81 Å². The van der Waals surface area contributed by atoms with Gasteiger partial charge in [-0.05, 0) is 53.0 Å². The second-order valence-corrected chi connectivity index (χ2v) is 9.28. The fraction of sp³-hybridized carbons (Fsp3) is 0.556.